The highest BCUT2D eigenvalue weighted by Crippen LogP contribution is 2.20. The van der Waals surface area contributed by atoms with Gasteiger partial charge in [0, 0.05) is 12.1 Å². The smallest absolute Gasteiger partial charge is 0.176 e. The van der Waals surface area contributed by atoms with Crippen LogP contribution < -0.4 is 0 Å². The number of ketones is 1. The molecule has 1 aromatic carbocycles. The quantitative estimate of drug-likeness (QED) is 0.752. The highest BCUT2D eigenvalue weighted by atomic mass is 16.1. The highest BCUT2D eigenvalue weighted by molar-refractivity contribution is 5.97. The van der Waals surface area contributed by atoms with Crippen molar-refractivity contribution in [1.82, 2.24) is 4.90 Å². The van der Waals surface area contributed by atoms with E-state index >= 15 is 0 Å². The van der Waals surface area contributed by atoms with Crippen LogP contribution in [0.15, 0.2) is 24.3 Å². The summed E-state index contributed by atoms with van der Waals surface area (Å²) >= 11 is 0. The van der Waals surface area contributed by atoms with Crippen LogP contribution in [0.3, 0.4) is 0 Å². The van der Waals surface area contributed by atoms with Gasteiger partial charge in [0.25, 0.3) is 0 Å². The van der Waals surface area contributed by atoms with Crippen LogP contribution in [0.5, 0.6) is 0 Å². The van der Waals surface area contributed by atoms with E-state index in [1.165, 1.54) is 24.8 Å². The van der Waals surface area contributed by atoms with E-state index in [9.17, 15) is 4.79 Å². The van der Waals surface area contributed by atoms with E-state index in [-0.39, 0.29) is 5.78 Å². The summed E-state index contributed by atoms with van der Waals surface area (Å²) in [6.07, 6.45) is 3.79. The molecule has 1 aliphatic rings. The molecule has 1 unspecified atom stereocenters. The monoisotopic (exact) mass is 273 g/mol. The van der Waals surface area contributed by atoms with Crippen LogP contribution in [0, 0.1) is 5.92 Å². The lowest BCUT2D eigenvalue weighted by molar-refractivity contribution is 0.0884. The first-order valence-corrected chi connectivity index (χ1v) is 7.95. The number of hydrogen-bond donors (Lipinski definition) is 0. The Morgan fingerprint density at radius 3 is 2.60 bits per heavy atom. The lowest BCUT2D eigenvalue weighted by atomic mass is 9.95. The highest BCUT2D eigenvalue weighted by Gasteiger charge is 2.20. The van der Waals surface area contributed by atoms with Gasteiger partial charge in [-0.15, -0.1) is 0 Å². The third-order valence-corrected chi connectivity index (χ3v) is 4.45. The molecule has 0 radical (unpaired) electrons. The summed E-state index contributed by atoms with van der Waals surface area (Å²) in [4.78, 5) is 14.7. The Balaban J connectivity index is 1.94. The van der Waals surface area contributed by atoms with Gasteiger partial charge in [-0.25, -0.2) is 0 Å². The van der Waals surface area contributed by atoms with Crippen molar-refractivity contribution in [3.63, 3.8) is 0 Å². The van der Waals surface area contributed by atoms with Crippen LogP contribution in [-0.2, 0) is 0 Å². The van der Waals surface area contributed by atoms with Crippen molar-refractivity contribution in [2.45, 2.75) is 46.0 Å². The Morgan fingerprint density at radius 1 is 1.30 bits per heavy atom. The van der Waals surface area contributed by atoms with E-state index < -0.39 is 0 Å². The predicted molar refractivity (Wildman–Crippen MR) is 84.3 cm³/mol. The second-order valence-electron chi connectivity index (χ2n) is 6.35. The first-order valence-electron chi connectivity index (χ1n) is 7.95. The van der Waals surface area contributed by atoms with E-state index in [1.54, 1.807) is 0 Å². The van der Waals surface area contributed by atoms with E-state index in [1.807, 2.05) is 12.1 Å². The van der Waals surface area contributed by atoms with Crippen molar-refractivity contribution in [2.75, 3.05) is 19.6 Å². The number of piperidine rings is 1. The molecule has 0 aromatic heterocycles. The van der Waals surface area contributed by atoms with Crippen LogP contribution in [0.25, 0.3) is 0 Å². The molecule has 20 heavy (non-hydrogen) atoms. The lowest BCUT2D eigenvalue weighted by Gasteiger charge is -2.31. The van der Waals surface area contributed by atoms with Gasteiger partial charge in [-0.3, -0.25) is 9.69 Å². The number of hydrogen-bond acceptors (Lipinski definition) is 2. The Bertz CT molecular complexity index is 435. The summed E-state index contributed by atoms with van der Waals surface area (Å²) in [5, 5.41) is 0. The number of carbonyl (C=O) groups is 1. The van der Waals surface area contributed by atoms with Crippen LogP contribution in [0.2, 0.25) is 0 Å². The first-order chi connectivity index (χ1) is 9.60. The van der Waals surface area contributed by atoms with Crippen molar-refractivity contribution < 1.29 is 4.79 Å². The van der Waals surface area contributed by atoms with Crippen LogP contribution in [0.1, 0.15) is 61.9 Å². The van der Waals surface area contributed by atoms with Gasteiger partial charge < -0.3 is 0 Å². The number of carbonyl (C=O) groups excluding carboxylic acids is 1. The lowest BCUT2D eigenvalue weighted by Crippen LogP contribution is -2.38. The topological polar surface area (TPSA) is 20.3 Å². The standard InChI is InChI=1S/C18H27NO/c1-4-15-6-5-11-19(12-15)13-18(20)17-9-7-16(8-10-17)14(2)3/h7-10,14-15H,4-6,11-13H2,1-3H3. The molecule has 2 nitrogen and oxygen atoms in total. The van der Waals surface area contributed by atoms with E-state index in [0.29, 0.717) is 12.5 Å². The molecule has 110 valence electrons. The second-order valence-corrected chi connectivity index (χ2v) is 6.35. The maximum atomic E-state index is 12.3. The molecular formula is C18H27NO. The van der Waals surface area contributed by atoms with Crippen molar-refractivity contribution in [3.8, 4) is 0 Å². The molecule has 2 rings (SSSR count). The third kappa shape index (κ3) is 3.92. The Labute approximate surface area is 123 Å². The minimum Gasteiger partial charge on any atom is -0.296 e. The molecule has 0 bridgehead atoms. The first kappa shape index (κ1) is 15.2. The zero-order chi connectivity index (χ0) is 14.5. The fourth-order valence-electron chi connectivity index (χ4n) is 2.98. The van der Waals surface area contributed by atoms with Crippen molar-refractivity contribution in [3.05, 3.63) is 35.4 Å². The molecule has 1 heterocycles. The number of Topliss-reactive ketones (excluding diaryl/α,β-unsaturated/α-hetero) is 1. The van der Waals surface area contributed by atoms with Crippen LogP contribution >= 0.6 is 0 Å². The summed E-state index contributed by atoms with van der Waals surface area (Å²) in [5.41, 5.74) is 2.15. The van der Waals surface area contributed by atoms with E-state index in [4.69, 9.17) is 0 Å². The molecule has 0 N–H and O–H groups in total. The van der Waals surface area contributed by atoms with Crippen LogP contribution in [-0.4, -0.2) is 30.3 Å². The summed E-state index contributed by atoms with van der Waals surface area (Å²) in [6, 6.07) is 8.14. The SMILES string of the molecule is CCC1CCCN(CC(=O)c2ccc(C(C)C)cc2)C1. The number of rotatable bonds is 5. The molecule has 0 amide bonds. The van der Waals surface area contributed by atoms with E-state index in [0.717, 1.165) is 24.6 Å². The minimum atomic E-state index is 0.261. The molecule has 0 spiro atoms. The average molecular weight is 273 g/mol. The Kier molecular flexibility index (Phi) is 5.36. The third-order valence-electron chi connectivity index (χ3n) is 4.45. The van der Waals surface area contributed by atoms with Gasteiger partial charge in [0.1, 0.15) is 0 Å². The van der Waals surface area contributed by atoms with Gasteiger partial charge in [-0.05, 0) is 36.8 Å². The van der Waals surface area contributed by atoms with Gasteiger partial charge in [0.15, 0.2) is 5.78 Å². The van der Waals surface area contributed by atoms with Gasteiger partial charge in [0.05, 0.1) is 6.54 Å². The molecule has 0 saturated carbocycles. The Morgan fingerprint density at radius 2 is 2.00 bits per heavy atom. The number of nitrogens with zero attached hydrogens (tertiary/aromatic N) is 1. The van der Waals surface area contributed by atoms with Gasteiger partial charge in [-0.1, -0.05) is 51.5 Å². The van der Waals surface area contributed by atoms with Gasteiger partial charge >= 0.3 is 0 Å². The molecule has 1 aromatic rings. The largest absolute Gasteiger partial charge is 0.296 e. The molecule has 1 aliphatic heterocycles. The molecule has 0 aliphatic carbocycles. The molecule has 1 saturated heterocycles. The predicted octanol–water partition coefficient (Wildman–Crippen LogP) is 4.11. The summed E-state index contributed by atoms with van der Waals surface area (Å²) < 4.78 is 0. The molecule has 1 fully saturated rings. The minimum absolute atomic E-state index is 0.261. The fraction of sp³-hybridized carbons (Fsp3) is 0.611. The zero-order valence-electron chi connectivity index (χ0n) is 13.1. The fourth-order valence-corrected chi connectivity index (χ4v) is 2.98. The molecule has 2 heteroatoms. The van der Waals surface area contributed by atoms with Gasteiger partial charge in [-0.2, -0.15) is 0 Å². The number of likely N-dealkylation sites (tertiary alicyclic amines) is 1. The van der Waals surface area contributed by atoms with Gasteiger partial charge in [0.2, 0.25) is 0 Å². The number of benzene rings is 1. The molecule has 1 atom stereocenters. The Hall–Kier alpha value is -1.15. The average Bonchev–Trinajstić information content (AvgIpc) is 2.47. The summed E-state index contributed by atoms with van der Waals surface area (Å²) in [6.45, 7) is 9.35. The normalized spacial score (nSPS) is 20.3. The van der Waals surface area contributed by atoms with E-state index in [2.05, 4.69) is 37.8 Å². The van der Waals surface area contributed by atoms with Crippen molar-refractivity contribution in [2.24, 2.45) is 5.92 Å². The second kappa shape index (κ2) is 7.03. The maximum Gasteiger partial charge on any atom is 0.176 e. The van der Waals surface area contributed by atoms with Crippen molar-refractivity contribution >= 4 is 5.78 Å². The summed E-state index contributed by atoms with van der Waals surface area (Å²) in [5.74, 6) is 1.56. The van der Waals surface area contributed by atoms with Crippen LogP contribution in [0.4, 0.5) is 0 Å². The maximum absolute atomic E-state index is 12.3. The molecular weight excluding hydrogens is 246 g/mol. The zero-order valence-corrected chi connectivity index (χ0v) is 13.1. The summed E-state index contributed by atoms with van der Waals surface area (Å²) in [7, 11) is 0. The van der Waals surface area contributed by atoms with Crippen molar-refractivity contribution in [1.29, 1.82) is 0 Å².